The lowest BCUT2D eigenvalue weighted by molar-refractivity contribution is -0.140. The van der Waals surface area contributed by atoms with Crippen molar-refractivity contribution < 1.29 is 18.4 Å². The molecule has 4 saturated carbocycles. The van der Waals surface area contributed by atoms with Crippen molar-refractivity contribution in [3.63, 3.8) is 0 Å². The van der Waals surface area contributed by atoms with E-state index >= 15 is 0 Å². The van der Waals surface area contributed by atoms with E-state index in [0.717, 1.165) is 24.8 Å². The van der Waals surface area contributed by atoms with Crippen LogP contribution < -0.4 is 10.6 Å². The molecule has 4 fully saturated rings. The lowest BCUT2D eigenvalue weighted by Crippen LogP contribution is -2.65. The topological polar surface area (TPSA) is 107 Å². The van der Waals surface area contributed by atoms with Crippen LogP contribution in [0.2, 0.25) is 0 Å². The zero-order chi connectivity index (χ0) is 27.0. The predicted octanol–water partition coefficient (Wildman–Crippen LogP) is 5.20. The number of nitrogens with one attached hydrogen (secondary N) is 2. The number of aromatic nitrogens is 3. The van der Waals surface area contributed by atoms with E-state index in [4.69, 9.17) is 9.05 Å². The first-order valence-corrected chi connectivity index (χ1v) is 15.6. The first kappa shape index (κ1) is 27.5. The van der Waals surface area contributed by atoms with Crippen LogP contribution in [0.1, 0.15) is 83.3 Å². The second-order valence-corrected chi connectivity index (χ2v) is 14.5. The first-order valence-electron chi connectivity index (χ1n) is 13.9. The van der Waals surface area contributed by atoms with Crippen molar-refractivity contribution in [1.29, 1.82) is 0 Å². The van der Waals surface area contributed by atoms with Crippen LogP contribution in [0.3, 0.4) is 0 Å². The summed E-state index contributed by atoms with van der Waals surface area (Å²) in [5, 5.41) is 15.2. The minimum absolute atomic E-state index is 0.0112. The van der Waals surface area contributed by atoms with Gasteiger partial charge < -0.3 is 14.4 Å². The average molecular weight is 544 g/mol. The second-order valence-electron chi connectivity index (χ2n) is 12.4. The van der Waals surface area contributed by atoms with Crippen LogP contribution in [0.5, 0.6) is 0 Å². The number of hydrogen-bond donors (Lipinski definition) is 2. The molecule has 4 aliphatic rings. The molecule has 1 heterocycles. The predicted molar refractivity (Wildman–Crippen MR) is 145 cm³/mol. The lowest BCUT2D eigenvalue weighted by Gasteiger charge is -2.65. The van der Waals surface area contributed by atoms with Crippen LogP contribution in [0, 0.1) is 16.7 Å². The Morgan fingerprint density at radius 1 is 1.08 bits per heavy atom. The number of amides is 1. The third-order valence-corrected chi connectivity index (χ3v) is 10.8. The molecule has 4 bridgehead atoms. The summed E-state index contributed by atoms with van der Waals surface area (Å²) < 4.78 is 26.5. The number of carbonyl (C=O) groups is 1. The minimum Gasteiger partial charge on any atom is -0.349 e. The van der Waals surface area contributed by atoms with Crippen LogP contribution >= 0.6 is 7.60 Å². The van der Waals surface area contributed by atoms with Gasteiger partial charge in [-0.15, -0.1) is 5.10 Å². The van der Waals surface area contributed by atoms with Gasteiger partial charge in [0.05, 0.1) is 25.1 Å². The highest BCUT2D eigenvalue weighted by Crippen LogP contribution is 2.66. The van der Waals surface area contributed by atoms with Gasteiger partial charge in [0.1, 0.15) is 12.3 Å². The SMILES string of the molecule is CCOP(=O)(OCC)C(NCc1cn(CC(=O)NC23CC4CC(C)(CC(C)(C4)C2)C3)nn1)c1ccccc1. The number of hydrogen-bond acceptors (Lipinski definition) is 7. The quantitative estimate of drug-likeness (QED) is 0.355. The van der Waals surface area contributed by atoms with Gasteiger partial charge in [0, 0.05) is 12.1 Å². The first-order chi connectivity index (χ1) is 18.1. The molecule has 6 rings (SSSR count). The Hall–Kier alpha value is -2.06. The summed E-state index contributed by atoms with van der Waals surface area (Å²) in [6.45, 7) is 9.39. The van der Waals surface area contributed by atoms with Crippen molar-refractivity contribution in [3.8, 4) is 0 Å². The van der Waals surface area contributed by atoms with Crippen molar-refractivity contribution in [2.45, 2.75) is 90.6 Å². The van der Waals surface area contributed by atoms with E-state index in [0.29, 0.717) is 29.0 Å². The van der Waals surface area contributed by atoms with E-state index in [2.05, 4.69) is 34.8 Å². The number of rotatable bonds is 12. The van der Waals surface area contributed by atoms with Gasteiger partial charge in [-0.1, -0.05) is 49.4 Å². The van der Waals surface area contributed by atoms with Gasteiger partial charge in [0.2, 0.25) is 5.91 Å². The van der Waals surface area contributed by atoms with E-state index in [1.54, 1.807) is 24.7 Å². The molecule has 1 amide bonds. The van der Waals surface area contributed by atoms with E-state index < -0.39 is 13.4 Å². The molecule has 208 valence electrons. The van der Waals surface area contributed by atoms with Gasteiger partial charge in [-0.2, -0.15) is 0 Å². The molecule has 0 radical (unpaired) electrons. The van der Waals surface area contributed by atoms with Gasteiger partial charge in [-0.3, -0.25) is 14.7 Å². The molecule has 38 heavy (non-hydrogen) atoms. The summed E-state index contributed by atoms with van der Waals surface area (Å²) in [4.78, 5) is 13.2. The summed E-state index contributed by atoms with van der Waals surface area (Å²) in [5.74, 6) is 0.0475. The molecular formula is C28H42N5O4P. The molecule has 1 aromatic carbocycles. The maximum Gasteiger partial charge on any atom is 0.351 e. The molecule has 10 heteroatoms. The zero-order valence-electron chi connectivity index (χ0n) is 23.1. The van der Waals surface area contributed by atoms with E-state index in [1.807, 2.05) is 30.3 Å². The Balaban J connectivity index is 1.23. The molecule has 4 aliphatic carbocycles. The summed E-state index contributed by atoms with van der Waals surface area (Å²) in [5.41, 5.74) is 2.04. The van der Waals surface area contributed by atoms with Crippen molar-refractivity contribution >= 4 is 13.5 Å². The van der Waals surface area contributed by atoms with Crippen LogP contribution in [0.4, 0.5) is 0 Å². The molecule has 2 N–H and O–H groups in total. The van der Waals surface area contributed by atoms with Crippen LogP contribution in [-0.4, -0.2) is 39.7 Å². The highest BCUT2D eigenvalue weighted by Gasteiger charge is 2.60. The highest BCUT2D eigenvalue weighted by molar-refractivity contribution is 7.54. The molecular weight excluding hydrogens is 501 g/mol. The molecule has 3 atom stereocenters. The molecule has 2 aromatic rings. The monoisotopic (exact) mass is 543 g/mol. The van der Waals surface area contributed by atoms with Crippen LogP contribution in [0.25, 0.3) is 0 Å². The maximum absolute atomic E-state index is 13.6. The average Bonchev–Trinajstić information content (AvgIpc) is 3.24. The van der Waals surface area contributed by atoms with Gasteiger partial charge in [0.15, 0.2) is 0 Å². The van der Waals surface area contributed by atoms with Crippen molar-refractivity contribution in [2.24, 2.45) is 16.7 Å². The largest absolute Gasteiger partial charge is 0.351 e. The Labute approximate surface area is 226 Å². The fourth-order valence-corrected chi connectivity index (χ4v) is 10.3. The summed E-state index contributed by atoms with van der Waals surface area (Å²) in [6, 6.07) is 9.49. The van der Waals surface area contributed by atoms with Crippen LogP contribution in [-0.2, 0) is 31.5 Å². The summed E-state index contributed by atoms with van der Waals surface area (Å²) in [6.07, 6.45) is 8.87. The van der Waals surface area contributed by atoms with Gasteiger partial charge in [-0.25, -0.2) is 4.68 Å². The Morgan fingerprint density at radius 2 is 1.74 bits per heavy atom. The van der Waals surface area contributed by atoms with Crippen molar-refractivity contribution in [2.75, 3.05) is 13.2 Å². The summed E-state index contributed by atoms with van der Waals surface area (Å²) in [7, 11) is -3.48. The summed E-state index contributed by atoms with van der Waals surface area (Å²) >= 11 is 0. The van der Waals surface area contributed by atoms with E-state index in [1.165, 1.54) is 19.3 Å². The molecule has 0 saturated heterocycles. The van der Waals surface area contributed by atoms with Crippen LogP contribution in [0.15, 0.2) is 36.5 Å². The standard InChI is InChI=1S/C28H42N5O4P/c1-5-36-38(35,37-6-2)25(22-10-8-7-9-11-22)29-15-23-16-33(32-31-23)17-24(34)30-28-14-21-12-26(3,19-28)18-27(4,13-21)20-28/h7-11,16,21,25,29H,5-6,12-15,17-20H2,1-4H3,(H,30,34). The third-order valence-electron chi connectivity index (χ3n) is 8.45. The highest BCUT2D eigenvalue weighted by atomic mass is 31.2. The number of nitrogens with zero attached hydrogens (tertiary/aromatic N) is 3. The second kappa shape index (κ2) is 10.5. The molecule has 1 aromatic heterocycles. The minimum atomic E-state index is -3.48. The Morgan fingerprint density at radius 3 is 2.34 bits per heavy atom. The Kier molecular flexibility index (Phi) is 7.59. The molecule has 3 unspecified atom stereocenters. The van der Waals surface area contributed by atoms with Gasteiger partial charge in [-0.05, 0) is 74.7 Å². The Bertz CT molecular complexity index is 1160. The zero-order valence-corrected chi connectivity index (χ0v) is 24.0. The lowest BCUT2D eigenvalue weighted by atomic mass is 9.43. The number of benzene rings is 1. The fourth-order valence-electron chi connectivity index (χ4n) is 8.36. The fraction of sp³-hybridized carbons (Fsp3) is 0.679. The molecule has 0 spiro atoms. The maximum atomic E-state index is 13.6. The van der Waals surface area contributed by atoms with Crippen molar-refractivity contribution in [3.05, 3.63) is 47.8 Å². The third kappa shape index (κ3) is 5.76. The number of carbonyl (C=O) groups excluding carboxylic acids is 1. The normalized spacial score (nSPS) is 30.9. The van der Waals surface area contributed by atoms with E-state index in [-0.39, 0.29) is 31.2 Å². The van der Waals surface area contributed by atoms with Gasteiger partial charge >= 0.3 is 7.60 Å². The smallest absolute Gasteiger partial charge is 0.349 e. The molecule has 0 aliphatic heterocycles. The molecule has 9 nitrogen and oxygen atoms in total. The van der Waals surface area contributed by atoms with Gasteiger partial charge in [0.25, 0.3) is 0 Å². The van der Waals surface area contributed by atoms with E-state index in [9.17, 15) is 9.36 Å². The van der Waals surface area contributed by atoms with Crippen molar-refractivity contribution in [1.82, 2.24) is 25.6 Å².